The Morgan fingerprint density at radius 2 is 2.08 bits per heavy atom. The minimum atomic E-state index is -0.197. The first-order valence-corrected chi connectivity index (χ1v) is 9.37. The Balaban J connectivity index is 1.66. The first-order chi connectivity index (χ1) is 12.1. The Labute approximate surface area is 153 Å². The van der Waals surface area contributed by atoms with Gasteiger partial charge in [-0.15, -0.1) is 11.3 Å². The lowest BCUT2D eigenvalue weighted by molar-refractivity contribution is -0.121. The molecule has 0 aliphatic heterocycles. The highest BCUT2D eigenvalue weighted by atomic mass is 35.5. The van der Waals surface area contributed by atoms with E-state index >= 15 is 0 Å². The first-order valence-electron chi connectivity index (χ1n) is 8.11. The standard InChI is InChI=1S/C18H16ClN3O2S/c19-13-5-3-12(4-6-13)14-9-25-17-16(14)18(24)22(10-21-17)8-15(23)20-7-11-1-2-11/h3-6,9-11H,1-2,7-8H2,(H,20,23). The van der Waals surface area contributed by atoms with Crippen molar-refractivity contribution in [1.29, 1.82) is 0 Å². The molecule has 0 atom stereocenters. The molecule has 1 aromatic carbocycles. The third kappa shape index (κ3) is 3.45. The maximum atomic E-state index is 12.9. The number of nitrogens with one attached hydrogen (secondary N) is 1. The van der Waals surface area contributed by atoms with Crippen molar-refractivity contribution in [3.8, 4) is 11.1 Å². The summed E-state index contributed by atoms with van der Waals surface area (Å²) >= 11 is 7.36. The van der Waals surface area contributed by atoms with E-state index in [0.29, 0.717) is 27.7 Å². The third-order valence-electron chi connectivity index (χ3n) is 4.31. The number of carbonyl (C=O) groups excluding carboxylic acids is 1. The fraction of sp³-hybridized carbons (Fsp3) is 0.278. The van der Waals surface area contributed by atoms with Crippen molar-refractivity contribution in [3.63, 3.8) is 0 Å². The highest BCUT2D eigenvalue weighted by Crippen LogP contribution is 2.31. The summed E-state index contributed by atoms with van der Waals surface area (Å²) in [6.45, 7) is 0.683. The largest absolute Gasteiger partial charge is 0.354 e. The molecule has 0 unspecified atom stereocenters. The minimum absolute atomic E-state index is 0.00953. The quantitative estimate of drug-likeness (QED) is 0.746. The third-order valence-corrected chi connectivity index (χ3v) is 5.45. The van der Waals surface area contributed by atoms with E-state index in [2.05, 4.69) is 10.3 Å². The number of benzene rings is 1. The lowest BCUT2D eigenvalue weighted by Crippen LogP contribution is -2.33. The lowest BCUT2D eigenvalue weighted by atomic mass is 10.1. The van der Waals surface area contributed by atoms with E-state index in [1.165, 1.54) is 35.1 Å². The van der Waals surface area contributed by atoms with Crippen LogP contribution in [0.3, 0.4) is 0 Å². The number of nitrogens with zero attached hydrogens (tertiary/aromatic N) is 2. The summed E-state index contributed by atoms with van der Waals surface area (Å²) in [5.74, 6) is 0.452. The van der Waals surface area contributed by atoms with Gasteiger partial charge in [-0.3, -0.25) is 14.2 Å². The number of rotatable bonds is 5. The maximum Gasteiger partial charge on any atom is 0.263 e. The Bertz CT molecular complexity index is 990. The molecule has 0 radical (unpaired) electrons. The van der Waals surface area contributed by atoms with Gasteiger partial charge in [0.25, 0.3) is 5.56 Å². The molecule has 0 bridgehead atoms. The van der Waals surface area contributed by atoms with Gasteiger partial charge in [0.15, 0.2) is 0 Å². The average molecular weight is 374 g/mol. The normalized spacial score (nSPS) is 14.0. The van der Waals surface area contributed by atoms with Crippen LogP contribution >= 0.6 is 22.9 Å². The second kappa shape index (κ2) is 6.61. The number of fused-ring (bicyclic) bond motifs is 1. The van der Waals surface area contributed by atoms with Gasteiger partial charge in [0.05, 0.1) is 11.7 Å². The number of aromatic nitrogens is 2. The molecule has 128 valence electrons. The molecule has 0 saturated heterocycles. The SMILES string of the molecule is O=C(Cn1cnc2scc(-c3ccc(Cl)cc3)c2c1=O)NCC1CC1. The van der Waals surface area contributed by atoms with Gasteiger partial charge >= 0.3 is 0 Å². The summed E-state index contributed by atoms with van der Waals surface area (Å²) in [6, 6.07) is 7.34. The molecule has 1 fully saturated rings. The fourth-order valence-corrected chi connectivity index (χ4v) is 3.75. The summed E-state index contributed by atoms with van der Waals surface area (Å²) in [5, 5.41) is 5.98. The number of hydrogen-bond donors (Lipinski definition) is 1. The monoisotopic (exact) mass is 373 g/mol. The summed E-state index contributed by atoms with van der Waals surface area (Å²) < 4.78 is 1.37. The van der Waals surface area contributed by atoms with Crippen molar-refractivity contribution in [2.45, 2.75) is 19.4 Å². The summed E-state index contributed by atoms with van der Waals surface area (Å²) in [6.07, 6.45) is 3.80. The van der Waals surface area contributed by atoms with Crippen LogP contribution in [0.4, 0.5) is 0 Å². The molecule has 1 aliphatic carbocycles. The molecule has 7 heteroatoms. The van der Waals surface area contributed by atoms with Gasteiger partial charge in [0, 0.05) is 22.5 Å². The Morgan fingerprint density at radius 3 is 2.80 bits per heavy atom. The number of thiophene rings is 1. The Hall–Kier alpha value is -2.18. The molecule has 0 spiro atoms. The van der Waals surface area contributed by atoms with E-state index in [4.69, 9.17) is 11.6 Å². The van der Waals surface area contributed by atoms with Crippen LogP contribution in [-0.4, -0.2) is 22.0 Å². The predicted octanol–water partition coefficient (Wildman–Crippen LogP) is 3.30. The maximum absolute atomic E-state index is 12.9. The van der Waals surface area contributed by atoms with E-state index in [9.17, 15) is 9.59 Å². The lowest BCUT2D eigenvalue weighted by Gasteiger charge is -2.07. The van der Waals surface area contributed by atoms with Crippen molar-refractivity contribution in [2.24, 2.45) is 5.92 Å². The number of amides is 1. The molecule has 1 saturated carbocycles. The zero-order valence-corrected chi connectivity index (χ0v) is 14.9. The van der Waals surface area contributed by atoms with E-state index in [-0.39, 0.29) is 18.0 Å². The molecule has 2 heterocycles. The van der Waals surface area contributed by atoms with E-state index in [1.807, 2.05) is 17.5 Å². The van der Waals surface area contributed by atoms with Crippen molar-refractivity contribution >= 4 is 39.1 Å². The molecular formula is C18H16ClN3O2S. The van der Waals surface area contributed by atoms with Gasteiger partial charge in [0.2, 0.25) is 5.91 Å². The van der Waals surface area contributed by atoms with E-state index in [1.54, 1.807) is 12.1 Å². The fourth-order valence-electron chi connectivity index (χ4n) is 2.71. The summed E-state index contributed by atoms with van der Waals surface area (Å²) in [4.78, 5) is 29.9. The van der Waals surface area contributed by atoms with Crippen molar-refractivity contribution in [2.75, 3.05) is 6.54 Å². The van der Waals surface area contributed by atoms with Gasteiger partial charge < -0.3 is 5.32 Å². The molecule has 25 heavy (non-hydrogen) atoms. The van der Waals surface area contributed by atoms with Crippen LogP contribution in [0.2, 0.25) is 5.02 Å². The van der Waals surface area contributed by atoms with Crippen LogP contribution in [0.1, 0.15) is 12.8 Å². The van der Waals surface area contributed by atoms with Crippen molar-refractivity contribution < 1.29 is 4.79 Å². The highest BCUT2D eigenvalue weighted by molar-refractivity contribution is 7.17. The number of halogens is 1. The zero-order chi connectivity index (χ0) is 17.4. The number of carbonyl (C=O) groups is 1. The smallest absolute Gasteiger partial charge is 0.263 e. The second-order valence-electron chi connectivity index (χ2n) is 6.26. The zero-order valence-electron chi connectivity index (χ0n) is 13.4. The predicted molar refractivity (Wildman–Crippen MR) is 100 cm³/mol. The Kier molecular flexibility index (Phi) is 4.31. The van der Waals surface area contributed by atoms with Gasteiger partial charge in [0.1, 0.15) is 11.4 Å². The summed E-state index contributed by atoms with van der Waals surface area (Å²) in [7, 11) is 0. The molecule has 3 aromatic rings. The molecular weight excluding hydrogens is 358 g/mol. The highest BCUT2D eigenvalue weighted by Gasteiger charge is 2.22. The molecule has 2 aromatic heterocycles. The van der Waals surface area contributed by atoms with Gasteiger partial charge in [-0.05, 0) is 36.5 Å². The summed E-state index contributed by atoms with van der Waals surface area (Å²) in [5.41, 5.74) is 1.53. The van der Waals surface area contributed by atoms with E-state index in [0.717, 1.165) is 11.1 Å². The van der Waals surface area contributed by atoms with Crippen LogP contribution in [0.25, 0.3) is 21.3 Å². The van der Waals surface area contributed by atoms with Crippen LogP contribution in [0.5, 0.6) is 0 Å². The van der Waals surface area contributed by atoms with Crippen LogP contribution in [-0.2, 0) is 11.3 Å². The molecule has 5 nitrogen and oxygen atoms in total. The molecule has 1 amide bonds. The van der Waals surface area contributed by atoms with E-state index < -0.39 is 0 Å². The van der Waals surface area contributed by atoms with Crippen LogP contribution in [0.15, 0.2) is 40.8 Å². The molecule has 1 N–H and O–H groups in total. The van der Waals surface area contributed by atoms with Gasteiger partial charge in [-0.2, -0.15) is 0 Å². The molecule has 1 aliphatic rings. The van der Waals surface area contributed by atoms with Crippen LogP contribution in [0, 0.1) is 5.92 Å². The molecule has 4 rings (SSSR count). The van der Waals surface area contributed by atoms with Gasteiger partial charge in [-0.1, -0.05) is 23.7 Å². The second-order valence-corrected chi connectivity index (χ2v) is 7.56. The topological polar surface area (TPSA) is 64.0 Å². The Morgan fingerprint density at radius 1 is 1.32 bits per heavy atom. The minimum Gasteiger partial charge on any atom is -0.354 e. The first kappa shape index (κ1) is 16.3. The number of hydrogen-bond acceptors (Lipinski definition) is 4. The van der Waals surface area contributed by atoms with Crippen molar-refractivity contribution in [3.05, 3.63) is 51.3 Å². The average Bonchev–Trinajstić information content (AvgIpc) is 3.34. The van der Waals surface area contributed by atoms with Crippen LogP contribution < -0.4 is 10.9 Å². The van der Waals surface area contributed by atoms with Gasteiger partial charge in [-0.25, -0.2) is 4.98 Å². The van der Waals surface area contributed by atoms with Crippen molar-refractivity contribution in [1.82, 2.24) is 14.9 Å².